The number of rotatable bonds is 8. The molecular weight excluding hydrogens is 436 g/mol. The SMILES string of the molecule is COc1ccc(C(O)=C2C(=O)C(=O)N(CCCN3CCOCC3)[C@@H]2c2ccccc2)cc1OC. The molecule has 4 rings (SSSR count). The Labute approximate surface area is 199 Å². The highest BCUT2D eigenvalue weighted by Crippen LogP contribution is 2.40. The van der Waals surface area contributed by atoms with Gasteiger partial charge in [0.1, 0.15) is 5.76 Å². The Balaban J connectivity index is 1.67. The van der Waals surface area contributed by atoms with E-state index in [9.17, 15) is 14.7 Å². The van der Waals surface area contributed by atoms with Crippen molar-refractivity contribution in [1.82, 2.24) is 9.80 Å². The number of ether oxygens (including phenoxy) is 3. The van der Waals surface area contributed by atoms with Gasteiger partial charge in [0, 0.05) is 31.7 Å². The molecule has 8 nitrogen and oxygen atoms in total. The number of hydrogen-bond donors (Lipinski definition) is 1. The van der Waals surface area contributed by atoms with E-state index in [0.29, 0.717) is 43.2 Å². The first-order valence-electron chi connectivity index (χ1n) is 11.4. The molecule has 2 fully saturated rings. The van der Waals surface area contributed by atoms with Gasteiger partial charge < -0.3 is 24.2 Å². The molecule has 1 N–H and O–H groups in total. The number of aliphatic hydroxyl groups excluding tert-OH is 1. The topological polar surface area (TPSA) is 88.5 Å². The Hall–Kier alpha value is -3.36. The van der Waals surface area contributed by atoms with E-state index >= 15 is 0 Å². The standard InChI is InChI=1S/C26H30N2O6/c1-32-20-10-9-19(17-21(20)33-2)24(29)22-23(18-7-4-3-5-8-18)28(26(31)25(22)30)12-6-11-27-13-15-34-16-14-27/h3-5,7-10,17,23,29H,6,11-16H2,1-2H3/t23-/m1/s1. The predicted octanol–water partition coefficient (Wildman–Crippen LogP) is 2.85. The Kier molecular flexibility index (Phi) is 7.49. The van der Waals surface area contributed by atoms with Crippen LogP contribution in [-0.2, 0) is 14.3 Å². The van der Waals surface area contributed by atoms with Crippen LogP contribution < -0.4 is 9.47 Å². The molecule has 0 aliphatic carbocycles. The lowest BCUT2D eigenvalue weighted by molar-refractivity contribution is -0.140. The normalized spacial score (nSPS) is 20.5. The molecule has 2 saturated heterocycles. The number of nitrogens with zero attached hydrogens (tertiary/aromatic N) is 2. The first kappa shape index (κ1) is 23.8. The summed E-state index contributed by atoms with van der Waals surface area (Å²) >= 11 is 0. The molecule has 2 aliphatic heterocycles. The smallest absolute Gasteiger partial charge is 0.295 e. The molecular formula is C26H30N2O6. The number of likely N-dealkylation sites (tertiary alicyclic amines) is 1. The summed E-state index contributed by atoms with van der Waals surface area (Å²) in [6.45, 7) is 4.36. The van der Waals surface area contributed by atoms with Crippen molar-refractivity contribution in [2.75, 3.05) is 53.6 Å². The minimum Gasteiger partial charge on any atom is -0.507 e. The third-order valence-electron chi connectivity index (χ3n) is 6.29. The minimum atomic E-state index is -0.687. The molecule has 0 radical (unpaired) electrons. The highest BCUT2D eigenvalue weighted by Gasteiger charge is 2.45. The van der Waals surface area contributed by atoms with E-state index in [-0.39, 0.29) is 11.3 Å². The second-order valence-corrected chi connectivity index (χ2v) is 8.28. The summed E-state index contributed by atoms with van der Waals surface area (Å²) < 4.78 is 16.0. The van der Waals surface area contributed by atoms with E-state index in [2.05, 4.69) is 4.90 Å². The zero-order chi connectivity index (χ0) is 24.1. The van der Waals surface area contributed by atoms with E-state index in [1.165, 1.54) is 14.2 Å². The van der Waals surface area contributed by atoms with Gasteiger partial charge in [-0.3, -0.25) is 14.5 Å². The van der Waals surface area contributed by atoms with Crippen molar-refractivity contribution in [3.63, 3.8) is 0 Å². The number of carbonyl (C=O) groups excluding carboxylic acids is 2. The number of morpholine rings is 1. The number of hydrogen-bond acceptors (Lipinski definition) is 7. The minimum absolute atomic E-state index is 0.0785. The van der Waals surface area contributed by atoms with Crippen molar-refractivity contribution < 1.29 is 28.9 Å². The van der Waals surface area contributed by atoms with Crippen molar-refractivity contribution in [3.8, 4) is 11.5 Å². The molecule has 1 amide bonds. The molecule has 2 heterocycles. The molecule has 2 aliphatic rings. The lowest BCUT2D eigenvalue weighted by Gasteiger charge is -2.29. The molecule has 0 saturated carbocycles. The summed E-state index contributed by atoms with van der Waals surface area (Å²) in [6.07, 6.45) is 0.715. The Morgan fingerprint density at radius 3 is 2.38 bits per heavy atom. The lowest BCUT2D eigenvalue weighted by Crippen LogP contribution is -2.38. The quantitative estimate of drug-likeness (QED) is 0.364. The molecule has 8 heteroatoms. The average molecular weight is 467 g/mol. The number of carbonyl (C=O) groups is 2. The van der Waals surface area contributed by atoms with Crippen molar-refractivity contribution >= 4 is 17.4 Å². The number of ketones is 1. The Morgan fingerprint density at radius 1 is 1.00 bits per heavy atom. The fraction of sp³-hybridized carbons (Fsp3) is 0.385. The molecule has 0 unspecified atom stereocenters. The van der Waals surface area contributed by atoms with Crippen molar-refractivity contribution in [2.24, 2.45) is 0 Å². The molecule has 0 bridgehead atoms. The third kappa shape index (κ3) is 4.78. The zero-order valence-electron chi connectivity index (χ0n) is 19.5. The summed E-state index contributed by atoms with van der Waals surface area (Å²) in [4.78, 5) is 30.1. The fourth-order valence-electron chi connectivity index (χ4n) is 4.52. The van der Waals surface area contributed by atoms with Gasteiger partial charge in [-0.2, -0.15) is 0 Å². The van der Waals surface area contributed by atoms with Gasteiger partial charge in [-0.15, -0.1) is 0 Å². The fourth-order valence-corrected chi connectivity index (χ4v) is 4.52. The van der Waals surface area contributed by atoms with Crippen LogP contribution >= 0.6 is 0 Å². The van der Waals surface area contributed by atoms with Crippen LogP contribution in [0.4, 0.5) is 0 Å². The van der Waals surface area contributed by atoms with Gasteiger partial charge in [0.15, 0.2) is 11.5 Å². The van der Waals surface area contributed by atoms with Crippen LogP contribution in [0.1, 0.15) is 23.6 Å². The average Bonchev–Trinajstić information content (AvgIpc) is 3.14. The number of benzene rings is 2. The number of Topliss-reactive ketones (excluding diaryl/α,β-unsaturated/α-hetero) is 1. The van der Waals surface area contributed by atoms with Gasteiger partial charge in [-0.05, 0) is 30.2 Å². The molecule has 1 atom stereocenters. The number of aliphatic hydroxyl groups is 1. The van der Waals surface area contributed by atoms with E-state index in [4.69, 9.17) is 14.2 Å². The second kappa shape index (κ2) is 10.7. The molecule has 0 spiro atoms. The van der Waals surface area contributed by atoms with Gasteiger partial charge in [0.25, 0.3) is 11.7 Å². The maximum atomic E-state index is 13.2. The number of methoxy groups -OCH3 is 2. The maximum absolute atomic E-state index is 13.2. The monoisotopic (exact) mass is 466 g/mol. The largest absolute Gasteiger partial charge is 0.507 e. The van der Waals surface area contributed by atoms with Crippen LogP contribution in [0.25, 0.3) is 5.76 Å². The molecule has 2 aromatic rings. The van der Waals surface area contributed by atoms with Crippen LogP contribution in [0.3, 0.4) is 0 Å². The first-order valence-corrected chi connectivity index (χ1v) is 11.4. The Morgan fingerprint density at radius 2 is 1.71 bits per heavy atom. The summed E-state index contributed by atoms with van der Waals surface area (Å²) in [6, 6.07) is 13.6. The lowest BCUT2D eigenvalue weighted by atomic mass is 9.95. The van der Waals surface area contributed by atoms with Gasteiger partial charge in [-0.25, -0.2) is 0 Å². The van der Waals surface area contributed by atoms with Crippen LogP contribution in [0.15, 0.2) is 54.1 Å². The highest BCUT2D eigenvalue weighted by atomic mass is 16.5. The Bertz CT molecular complexity index is 1060. The van der Waals surface area contributed by atoms with Crippen LogP contribution in [0.5, 0.6) is 11.5 Å². The second-order valence-electron chi connectivity index (χ2n) is 8.28. The molecule has 0 aromatic heterocycles. The molecule has 34 heavy (non-hydrogen) atoms. The van der Waals surface area contributed by atoms with Crippen LogP contribution in [-0.4, -0.2) is 80.2 Å². The van der Waals surface area contributed by atoms with Crippen molar-refractivity contribution in [3.05, 3.63) is 65.2 Å². The van der Waals surface area contributed by atoms with E-state index in [1.807, 2.05) is 30.3 Å². The van der Waals surface area contributed by atoms with Crippen LogP contribution in [0.2, 0.25) is 0 Å². The third-order valence-corrected chi connectivity index (χ3v) is 6.29. The zero-order valence-corrected chi connectivity index (χ0v) is 19.5. The van der Waals surface area contributed by atoms with Gasteiger partial charge >= 0.3 is 0 Å². The summed E-state index contributed by atoms with van der Waals surface area (Å²) in [7, 11) is 3.02. The first-order chi connectivity index (χ1) is 16.5. The van der Waals surface area contributed by atoms with E-state index in [1.54, 1.807) is 23.1 Å². The molecule has 180 valence electrons. The van der Waals surface area contributed by atoms with E-state index < -0.39 is 17.7 Å². The van der Waals surface area contributed by atoms with Gasteiger partial charge in [0.05, 0.1) is 39.0 Å². The summed E-state index contributed by atoms with van der Waals surface area (Å²) in [5.41, 5.74) is 1.23. The summed E-state index contributed by atoms with van der Waals surface area (Å²) in [5.74, 6) is -0.598. The number of amides is 1. The maximum Gasteiger partial charge on any atom is 0.295 e. The van der Waals surface area contributed by atoms with E-state index in [0.717, 1.165) is 25.2 Å². The molecule has 2 aromatic carbocycles. The van der Waals surface area contributed by atoms with Gasteiger partial charge in [0.2, 0.25) is 0 Å². The predicted molar refractivity (Wildman–Crippen MR) is 127 cm³/mol. The van der Waals surface area contributed by atoms with Gasteiger partial charge in [-0.1, -0.05) is 30.3 Å². The highest BCUT2D eigenvalue weighted by molar-refractivity contribution is 6.46. The van der Waals surface area contributed by atoms with Crippen LogP contribution in [0, 0.1) is 0 Å². The van der Waals surface area contributed by atoms with Crippen molar-refractivity contribution in [2.45, 2.75) is 12.5 Å². The summed E-state index contributed by atoms with van der Waals surface area (Å²) in [5, 5.41) is 11.2. The van der Waals surface area contributed by atoms with Crippen molar-refractivity contribution in [1.29, 1.82) is 0 Å².